The Balaban J connectivity index is 2.12. The molecule has 1 heterocycles. The van der Waals surface area contributed by atoms with E-state index in [-0.39, 0.29) is 11.3 Å². The summed E-state index contributed by atoms with van der Waals surface area (Å²) in [6.45, 7) is 0. The summed E-state index contributed by atoms with van der Waals surface area (Å²) in [5.41, 5.74) is 0.858. The van der Waals surface area contributed by atoms with Crippen molar-refractivity contribution in [2.45, 2.75) is 37.0 Å². The molecule has 1 aliphatic carbocycles. The highest BCUT2D eigenvalue weighted by molar-refractivity contribution is 7.91. The third-order valence-corrected chi connectivity index (χ3v) is 5.45. The highest BCUT2D eigenvalue weighted by atomic mass is 32.2. The summed E-state index contributed by atoms with van der Waals surface area (Å²) >= 11 is 0. The molecule has 7 heteroatoms. The Hall–Kier alpha value is -0.950. The van der Waals surface area contributed by atoms with Crippen LogP contribution in [-0.2, 0) is 9.84 Å². The Bertz CT molecular complexity index is 471. The molecule has 0 radical (unpaired) electrons. The normalized spacial score (nSPS) is 27.0. The van der Waals surface area contributed by atoms with Gasteiger partial charge in [0.15, 0.2) is 0 Å². The number of nitrogens with zero attached hydrogens (tertiary/aromatic N) is 2. The standard InChI is InChI=1S/C11H20N4O2S/c1-12-11(10-7-13-15-14-10)8-4-3-5-9(6-8)18(2,16)17/h7-9,11-12H,3-6H2,1-2H3,(H,13,14,15). The van der Waals surface area contributed by atoms with Gasteiger partial charge in [-0.3, -0.25) is 0 Å². The summed E-state index contributed by atoms with van der Waals surface area (Å²) in [6.07, 6.45) is 6.51. The number of rotatable bonds is 4. The third kappa shape index (κ3) is 2.89. The predicted octanol–water partition coefficient (Wildman–Crippen LogP) is 0.669. The van der Waals surface area contributed by atoms with E-state index in [2.05, 4.69) is 20.7 Å². The molecule has 0 saturated heterocycles. The maximum absolute atomic E-state index is 11.7. The van der Waals surface area contributed by atoms with Crippen molar-refractivity contribution < 1.29 is 8.42 Å². The molecule has 1 aromatic heterocycles. The lowest BCUT2D eigenvalue weighted by Crippen LogP contribution is -2.34. The van der Waals surface area contributed by atoms with Crippen molar-refractivity contribution in [2.75, 3.05) is 13.3 Å². The molecule has 0 amide bonds. The molecule has 3 unspecified atom stereocenters. The van der Waals surface area contributed by atoms with Crippen LogP contribution in [0.1, 0.15) is 37.4 Å². The van der Waals surface area contributed by atoms with Gasteiger partial charge < -0.3 is 5.32 Å². The highest BCUT2D eigenvalue weighted by Gasteiger charge is 2.33. The molecule has 18 heavy (non-hydrogen) atoms. The molecule has 0 bridgehead atoms. The third-order valence-electron chi connectivity index (χ3n) is 3.81. The van der Waals surface area contributed by atoms with Gasteiger partial charge >= 0.3 is 0 Å². The molecule has 0 spiro atoms. The fourth-order valence-electron chi connectivity index (χ4n) is 2.86. The van der Waals surface area contributed by atoms with E-state index >= 15 is 0 Å². The summed E-state index contributed by atoms with van der Waals surface area (Å²) in [5, 5.41) is 13.5. The van der Waals surface area contributed by atoms with Crippen LogP contribution in [-0.4, -0.2) is 42.4 Å². The Labute approximate surface area is 107 Å². The second-order valence-corrected chi connectivity index (χ2v) is 7.37. The molecule has 0 aromatic carbocycles. The molecule has 1 aliphatic rings. The molecule has 1 saturated carbocycles. The Morgan fingerprint density at radius 1 is 1.50 bits per heavy atom. The molecule has 1 aromatic rings. The van der Waals surface area contributed by atoms with E-state index in [0.29, 0.717) is 12.3 Å². The van der Waals surface area contributed by atoms with Crippen LogP contribution in [0.25, 0.3) is 0 Å². The van der Waals surface area contributed by atoms with Crippen molar-refractivity contribution in [2.24, 2.45) is 5.92 Å². The van der Waals surface area contributed by atoms with Gasteiger partial charge in [-0.05, 0) is 32.2 Å². The second kappa shape index (κ2) is 5.36. The molecule has 1 fully saturated rings. The van der Waals surface area contributed by atoms with Crippen LogP contribution in [0.5, 0.6) is 0 Å². The predicted molar refractivity (Wildman–Crippen MR) is 68.8 cm³/mol. The lowest BCUT2D eigenvalue weighted by atomic mass is 9.82. The van der Waals surface area contributed by atoms with Gasteiger partial charge in [-0.2, -0.15) is 15.4 Å². The van der Waals surface area contributed by atoms with E-state index in [9.17, 15) is 8.42 Å². The Kier molecular flexibility index (Phi) is 4.01. The van der Waals surface area contributed by atoms with E-state index in [4.69, 9.17) is 0 Å². The van der Waals surface area contributed by atoms with E-state index in [0.717, 1.165) is 25.0 Å². The maximum Gasteiger partial charge on any atom is 0.150 e. The zero-order chi connectivity index (χ0) is 13.2. The number of hydrogen-bond acceptors (Lipinski definition) is 5. The van der Waals surface area contributed by atoms with E-state index in [1.54, 1.807) is 6.20 Å². The summed E-state index contributed by atoms with van der Waals surface area (Å²) in [7, 11) is -1.06. The van der Waals surface area contributed by atoms with Gasteiger partial charge in [0.05, 0.1) is 23.2 Å². The van der Waals surface area contributed by atoms with Crippen LogP contribution in [0.2, 0.25) is 0 Å². The van der Waals surface area contributed by atoms with Crippen LogP contribution in [0.15, 0.2) is 6.20 Å². The van der Waals surface area contributed by atoms with Crippen LogP contribution in [0.3, 0.4) is 0 Å². The van der Waals surface area contributed by atoms with Crippen molar-refractivity contribution >= 4 is 9.84 Å². The summed E-state index contributed by atoms with van der Waals surface area (Å²) in [4.78, 5) is 0. The van der Waals surface area contributed by atoms with Crippen molar-refractivity contribution in [3.8, 4) is 0 Å². The lowest BCUT2D eigenvalue weighted by molar-refractivity contribution is 0.279. The minimum Gasteiger partial charge on any atom is -0.311 e. The summed E-state index contributed by atoms with van der Waals surface area (Å²) in [6, 6.07) is 0.0771. The van der Waals surface area contributed by atoms with Gasteiger partial charge in [0, 0.05) is 6.26 Å². The van der Waals surface area contributed by atoms with Gasteiger partial charge in [-0.1, -0.05) is 6.42 Å². The number of aromatic amines is 1. The molecular weight excluding hydrogens is 252 g/mol. The van der Waals surface area contributed by atoms with E-state index in [1.165, 1.54) is 6.26 Å². The molecule has 2 N–H and O–H groups in total. The average Bonchev–Trinajstić information content (AvgIpc) is 2.83. The Morgan fingerprint density at radius 3 is 2.83 bits per heavy atom. The number of aromatic nitrogens is 3. The Morgan fingerprint density at radius 2 is 2.28 bits per heavy atom. The SMILES string of the molecule is CNC(c1cn[nH]n1)C1CCCC(S(C)(=O)=O)C1. The first-order valence-corrected chi connectivity index (χ1v) is 8.19. The minimum atomic E-state index is -2.94. The minimum absolute atomic E-state index is 0.0771. The van der Waals surface area contributed by atoms with Crippen molar-refractivity contribution in [3.05, 3.63) is 11.9 Å². The molecule has 3 atom stereocenters. The average molecular weight is 272 g/mol. The van der Waals surface area contributed by atoms with Crippen LogP contribution in [0, 0.1) is 5.92 Å². The van der Waals surface area contributed by atoms with E-state index in [1.807, 2.05) is 7.05 Å². The summed E-state index contributed by atoms with van der Waals surface area (Å²) in [5.74, 6) is 0.300. The van der Waals surface area contributed by atoms with E-state index < -0.39 is 9.84 Å². The number of nitrogens with one attached hydrogen (secondary N) is 2. The van der Waals surface area contributed by atoms with Gasteiger partial charge in [-0.25, -0.2) is 8.42 Å². The first kappa shape index (κ1) is 13.5. The summed E-state index contributed by atoms with van der Waals surface area (Å²) < 4.78 is 23.3. The number of H-pyrrole nitrogens is 1. The highest BCUT2D eigenvalue weighted by Crippen LogP contribution is 2.35. The molecule has 6 nitrogen and oxygen atoms in total. The maximum atomic E-state index is 11.7. The van der Waals surface area contributed by atoms with Crippen LogP contribution < -0.4 is 5.32 Å². The van der Waals surface area contributed by atoms with Gasteiger partial charge in [0.1, 0.15) is 9.84 Å². The van der Waals surface area contributed by atoms with Crippen molar-refractivity contribution in [3.63, 3.8) is 0 Å². The van der Waals surface area contributed by atoms with Crippen LogP contribution in [0.4, 0.5) is 0 Å². The molecule has 2 rings (SSSR count). The monoisotopic (exact) mass is 272 g/mol. The van der Waals surface area contributed by atoms with Gasteiger partial charge in [0.2, 0.25) is 0 Å². The molecule has 0 aliphatic heterocycles. The largest absolute Gasteiger partial charge is 0.311 e. The smallest absolute Gasteiger partial charge is 0.150 e. The zero-order valence-electron chi connectivity index (χ0n) is 10.8. The molecule has 102 valence electrons. The van der Waals surface area contributed by atoms with Crippen molar-refractivity contribution in [1.29, 1.82) is 0 Å². The van der Waals surface area contributed by atoms with Crippen molar-refractivity contribution in [1.82, 2.24) is 20.7 Å². The quantitative estimate of drug-likeness (QED) is 0.841. The molecular formula is C11H20N4O2S. The number of hydrogen-bond donors (Lipinski definition) is 2. The van der Waals surface area contributed by atoms with Gasteiger partial charge in [0.25, 0.3) is 0 Å². The lowest BCUT2D eigenvalue weighted by Gasteiger charge is -2.32. The first-order chi connectivity index (χ1) is 8.52. The fraction of sp³-hybridized carbons (Fsp3) is 0.818. The van der Waals surface area contributed by atoms with Gasteiger partial charge in [-0.15, -0.1) is 0 Å². The number of sulfone groups is 1. The second-order valence-electron chi connectivity index (χ2n) is 5.04. The zero-order valence-corrected chi connectivity index (χ0v) is 11.6. The van der Waals surface area contributed by atoms with Crippen LogP contribution >= 0.6 is 0 Å². The first-order valence-electron chi connectivity index (χ1n) is 6.24. The fourth-order valence-corrected chi connectivity index (χ4v) is 4.05. The topological polar surface area (TPSA) is 87.7 Å².